The van der Waals surface area contributed by atoms with Crippen LogP contribution in [0.15, 0.2) is 36.8 Å². The Kier molecular flexibility index (Phi) is 3.22. The molecule has 2 N–H and O–H groups in total. The number of benzene rings is 1. The van der Waals surface area contributed by atoms with Crippen molar-refractivity contribution in [1.29, 1.82) is 0 Å². The fourth-order valence-corrected chi connectivity index (χ4v) is 1.50. The SMILES string of the molecule is Cn1cncc1CNCc1ccc(O)cc1. The number of phenols is 1. The van der Waals surface area contributed by atoms with E-state index in [2.05, 4.69) is 10.3 Å². The zero-order valence-corrected chi connectivity index (χ0v) is 9.22. The maximum Gasteiger partial charge on any atom is 0.115 e. The Balaban J connectivity index is 1.84. The molecule has 0 saturated carbocycles. The van der Waals surface area contributed by atoms with Gasteiger partial charge in [-0.2, -0.15) is 0 Å². The van der Waals surface area contributed by atoms with Gasteiger partial charge in [0.1, 0.15) is 5.75 Å². The molecule has 0 spiro atoms. The van der Waals surface area contributed by atoms with E-state index in [9.17, 15) is 0 Å². The van der Waals surface area contributed by atoms with Crippen molar-refractivity contribution < 1.29 is 5.11 Å². The molecule has 1 heterocycles. The van der Waals surface area contributed by atoms with Crippen LogP contribution in [-0.2, 0) is 20.1 Å². The first kappa shape index (κ1) is 10.7. The summed E-state index contributed by atoms with van der Waals surface area (Å²) in [6, 6.07) is 7.21. The van der Waals surface area contributed by atoms with Crippen molar-refractivity contribution in [2.24, 2.45) is 7.05 Å². The molecular formula is C12H15N3O. The molecule has 4 nitrogen and oxygen atoms in total. The lowest BCUT2D eigenvalue weighted by Crippen LogP contribution is -2.14. The molecule has 0 aliphatic carbocycles. The summed E-state index contributed by atoms with van der Waals surface area (Å²) in [5.74, 6) is 0.301. The summed E-state index contributed by atoms with van der Waals surface area (Å²) in [6.45, 7) is 1.57. The molecule has 0 saturated heterocycles. The minimum Gasteiger partial charge on any atom is -0.508 e. The average Bonchev–Trinajstić information content (AvgIpc) is 2.68. The van der Waals surface area contributed by atoms with Crippen LogP contribution in [0.2, 0.25) is 0 Å². The van der Waals surface area contributed by atoms with Gasteiger partial charge in [-0.3, -0.25) is 0 Å². The number of hydrogen-bond acceptors (Lipinski definition) is 3. The number of nitrogens with one attached hydrogen (secondary N) is 1. The molecule has 2 rings (SSSR count). The highest BCUT2D eigenvalue weighted by Gasteiger charge is 1.97. The number of phenolic OH excluding ortho intramolecular Hbond substituents is 1. The lowest BCUT2D eigenvalue weighted by Gasteiger charge is -2.05. The number of aromatic hydroxyl groups is 1. The largest absolute Gasteiger partial charge is 0.508 e. The van der Waals surface area contributed by atoms with Gasteiger partial charge in [0.05, 0.1) is 12.0 Å². The van der Waals surface area contributed by atoms with Crippen molar-refractivity contribution in [2.75, 3.05) is 0 Å². The van der Waals surface area contributed by atoms with Crippen LogP contribution in [0.25, 0.3) is 0 Å². The quantitative estimate of drug-likeness (QED) is 0.814. The lowest BCUT2D eigenvalue weighted by molar-refractivity contribution is 0.475. The first-order valence-corrected chi connectivity index (χ1v) is 5.19. The molecule has 0 atom stereocenters. The third-order valence-corrected chi connectivity index (χ3v) is 2.49. The van der Waals surface area contributed by atoms with E-state index < -0.39 is 0 Å². The number of aryl methyl sites for hydroxylation is 1. The number of hydrogen-bond donors (Lipinski definition) is 2. The van der Waals surface area contributed by atoms with Crippen molar-refractivity contribution in [3.63, 3.8) is 0 Å². The van der Waals surface area contributed by atoms with E-state index in [1.165, 1.54) is 0 Å². The van der Waals surface area contributed by atoms with E-state index in [0.29, 0.717) is 5.75 Å². The van der Waals surface area contributed by atoms with Gasteiger partial charge < -0.3 is 15.0 Å². The second kappa shape index (κ2) is 4.81. The summed E-state index contributed by atoms with van der Waals surface area (Å²) >= 11 is 0. The molecule has 4 heteroatoms. The number of rotatable bonds is 4. The van der Waals surface area contributed by atoms with Gasteiger partial charge in [-0.25, -0.2) is 4.98 Å². The molecular weight excluding hydrogens is 202 g/mol. The predicted molar refractivity (Wildman–Crippen MR) is 61.9 cm³/mol. The van der Waals surface area contributed by atoms with Crippen LogP contribution < -0.4 is 5.32 Å². The Bertz CT molecular complexity index is 448. The lowest BCUT2D eigenvalue weighted by atomic mass is 10.2. The maximum absolute atomic E-state index is 9.14. The van der Waals surface area contributed by atoms with E-state index in [1.807, 2.05) is 29.9 Å². The van der Waals surface area contributed by atoms with Crippen molar-refractivity contribution in [3.8, 4) is 5.75 Å². The van der Waals surface area contributed by atoms with Gasteiger partial charge in [0.2, 0.25) is 0 Å². The molecule has 0 amide bonds. The van der Waals surface area contributed by atoms with Crippen molar-refractivity contribution in [1.82, 2.24) is 14.9 Å². The summed E-state index contributed by atoms with van der Waals surface area (Å²) in [7, 11) is 1.98. The Labute approximate surface area is 94.6 Å². The predicted octanol–water partition coefficient (Wildman–Crippen LogP) is 1.42. The standard InChI is InChI=1S/C12H15N3O/c1-15-9-14-8-11(15)7-13-6-10-2-4-12(16)5-3-10/h2-5,8-9,13,16H,6-7H2,1H3. The van der Waals surface area contributed by atoms with E-state index >= 15 is 0 Å². The zero-order valence-electron chi connectivity index (χ0n) is 9.22. The van der Waals surface area contributed by atoms with Gasteiger partial charge in [-0.1, -0.05) is 12.1 Å². The Morgan fingerprint density at radius 1 is 1.25 bits per heavy atom. The summed E-state index contributed by atoms with van der Waals surface area (Å²) in [4.78, 5) is 4.05. The summed E-state index contributed by atoms with van der Waals surface area (Å²) in [5.41, 5.74) is 2.30. The van der Waals surface area contributed by atoms with Gasteiger partial charge in [-0.15, -0.1) is 0 Å². The van der Waals surface area contributed by atoms with E-state index in [1.54, 1.807) is 18.5 Å². The highest BCUT2D eigenvalue weighted by molar-refractivity contribution is 5.25. The summed E-state index contributed by atoms with van der Waals surface area (Å²) < 4.78 is 1.99. The van der Waals surface area contributed by atoms with Crippen LogP contribution in [0.4, 0.5) is 0 Å². The van der Waals surface area contributed by atoms with Crippen LogP contribution >= 0.6 is 0 Å². The van der Waals surface area contributed by atoms with Crippen molar-refractivity contribution in [2.45, 2.75) is 13.1 Å². The smallest absolute Gasteiger partial charge is 0.115 e. The maximum atomic E-state index is 9.14. The summed E-state index contributed by atoms with van der Waals surface area (Å²) in [6.07, 6.45) is 3.64. The minimum atomic E-state index is 0.301. The van der Waals surface area contributed by atoms with E-state index in [4.69, 9.17) is 5.11 Å². The fourth-order valence-electron chi connectivity index (χ4n) is 1.50. The molecule has 0 aliphatic rings. The van der Waals surface area contributed by atoms with Crippen LogP contribution in [-0.4, -0.2) is 14.7 Å². The monoisotopic (exact) mass is 217 g/mol. The molecule has 0 unspecified atom stereocenters. The minimum absolute atomic E-state index is 0.301. The third kappa shape index (κ3) is 2.61. The van der Waals surface area contributed by atoms with E-state index in [-0.39, 0.29) is 0 Å². The van der Waals surface area contributed by atoms with Crippen molar-refractivity contribution in [3.05, 3.63) is 48.0 Å². The van der Waals surface area contributed by atoms with Crippen LogP contribution in [0.1, 0.15) is 11.3 Å². The highest BCUT2D eigenvalue weighted by atomic mass is 16.3. The molecule has 0 fully saturated rings. The van der Waals surface area contributed by atoms with Crippen molar-refractivity contribution >= 4 is 0 Å². The van der Waals surface area contributed by atoms with Gasteiger partial charge in [-0.05, 0) is 17.7 Å². The normalized spacial score (nSPS) is 10.6. The molecule has 0 radical (unpaired) electrons. The Morgan fingerprint density at radius 3 is 2.62 bits per heavy atom. The van der Waals surface area contributed by atoms with Gasteiger partial charge in [0.25, 0.3) is 0 Å². The van der Waals surface area contributed by atoms with Crippen LogP contribution in [0, 0.1) is 0 Å². The number of nitrogens with zero attached hydrogens (tertiary/aromatic N) is 2. The molecule has 2 aromatic rings. The molecule has 1 aromatic carbocycles. The average molecular weight is 217 g/mol. The van der Waals surface area contributed by atoms with Gasteiger partial charge in [0, 0.05) is 26.3 Å². The van der Waals surface area contributed by atoms with Crippen LogP contribution in [0.5, 0.6) is 5.75 Å². The highest BCUT2D eigenvalue weighted by Crippen LogP contribution is 2.09. The van der Waals surface area contributed by atoms with Gasteiger partial charge >= 0.3 is 0 Å². The molecule has 0 aliphatic heterocycles. The first-order valence-electron chi connectivity index (χ1n) is 5.19. The van der Waals surface area contributed by atoms with Gasteiger partial charge in [0.15, 0.2) is 0 Å². The second-order valence-corrected chi connectivity index (χ2v) is 3.77. The summed E-state index contributed by atoms with van der Waals surface area (Å²) in [5, 5.41) is 12.5. The fraction of sp³-hybridized carbons (Fsp3) is 0.250. The zero-order chi connectivity index (χ0) is 11.4. The third-order valence-electron chi connectivity index (χ3n) is 2.49. The number of aromatic nitrogens is 2. The first-order chi connectivity index (χ1) is 7.75. The molecule has 0 bridgehead atoms. The molecule has 16 heavy (non-hydrogen) atoms. The molecule has 84 valence electrons. The van der Waals surface area contributed by atoms with Crippen LogP contribution in [0.3, 0.4) is 0 Å². The molecule has 1 aromatic heterocycles. The van der Waals surface area contributed by atoms with E-state index in [0.717, 1.165) is 24.3 Å². The topological polar surface area (TPSA) is 50.1 Å². The Morgan fingerprint density at radius 2 is 2.00 bits per heavy atom. The second-order valence-electron chi connectivity index (χ2n) is 3.77. The number of imidazole rings is 1. The Hall–Kier alpha value is -1.81.